The summed E-state index contributed by atoms with van der Waals surface area (Å²) in [5.41, 5.74) is 0. The van der Waals surface area contributed by atoms with E-state index in [9.17, 15) is 0 Å². The zero-order valence-electron chi connectivity index (χ0n) is 8.59. The Labute approximate surface area is 76.1 Å². The molecule has 1 saturated heterocycles. The van der Waals surface area contributed by atoms with Crippen LogP contribution in [0, 0.1) is 17.8 Å². The third-order valence-electron chi connectivity index (χ3n) is 3.74. The van der Waals surface area contributed by atoms with Crippen LogP contribution in [0.3, 0.4) is 0 Å². The topological polar surface area (TPSA) is 3.24 Å². The smallest absolute Gasteiger partial charge is 0.00982 e. The minimum atomic E-state index is 0.902. The molecule has 2 fully saturated rings. The van der Waals surface area contributed by atoms with Crippen molar-refractivity contribution in [2.75, 3.05) is 13.6 Å². The molecule has 1 heteroatoms. The van der Waals surface area contributed by atoms with Gasteiger partial charge in [-0.15, -0.1) is 0 Å². The molecule has 0 aromatic carbocycles. The Hall–Kier alpha value is -0.0400. The van der Waals surface area contributed by atoms with Gasteiger partial charge in [-0.05, 0) is 44.1 Å². The fraction of sp³-hybridized carbons (Fsp3) is 1.00. The Balaban J connectivity index is 1.90. The van der Waals surface area contributed by atoms with Gasteiger partial charge < -0.3 is 4.90 Å². The quantitative estimate of drug-likeness (QED) is 0.610. The average molecular weight is 167 g/mol. The van der Waals surface area contributed by atoms with Crippen LogP contribution in [0.1, 0.15) is 33.1 Å². The molecule has 3 unspecified atom stereocenters. The lowest BCUT2D eigenvalue weighted by atomic mass is 9.87. The molecule has 1 aliphatic heterocycles. The van der Waals surface area contributed by atoms with Crippen LogP contribution >= 0.6 is 0 Å². The van der Waals surface area contributed by atoms with Crippen LogP contribution in [0.2, 0.25) is 0 Å². The third kappa shape index (κ3) is 1.39. The first-order valence-corrected chi connectivity index (χ1v) is 5.37. The van der Waals surface area contributed by atoms with E-state index in [1.165, 1.54) is 25.8 Å². The summed E-state index contributed by atoms with van der Waals surface area (Å²) < 4.78 is 0. The van der Waals surface area contributed by atoms with Gasteiger partial charge in [-0.25, -0.2) is 0 Å². The van der Waals surface area contributed by atoms with E-state index in [4.69, 9.17) is 0 Å². The van der Waals surface area contributed by atoms with Crippen LogP contribution < -0.4 is 0 Å². The van der Waals surface area contributed by atoms with Crippen LogP contribution in [0.15, 0.2) is 0 Å². The zero-order valence-corrected chi connectivity index (χ0v) is 8.59. The number of piperidine rings is 1. The van der Waals surface area contributed by atoms with Crippen molar-refractivity contribution < 1.29 is 0 Å². The molecule has 0 radical (unpaired) electrons. The lowest BCUT2D eigenvalue weighted by Gasteiger charge is -2.29. The highest BCUT2D eigenvalue weighted by Gasteiger charge is 2.42. The van der Waals surface area contributed by atoms with E-state index >= 15 is 0 Å². The molecule has 2 aliphatic rings. The molecule has 1 aliphatic carbocycles. The van der Waals surface area contributed by atoms with Crippen molar-refractivity contribution in [3.05, 3.63) is 0 Å². The number of fused-ring (bicyclic) bond motifs is 2. The Morgan fingerprint density at radius 3 is 2.50 bits per heavy atom. The van der Waals surface area contributed by atoms with Crippen molar-refractivity contribution in [3.63, 3.8) is 0 Å². The molecule has 2 bridgehead atoms. The zero-order chi connectivity index (χ0) is 8.72. The van der Waals surface area contributed by atoms with Crippen LogP contribution in [-0.2, 0) is 0 Å². The number of nitrogens with zero attached hydrogens (tertiary/aromatic N) is 1. The van der Waals surface area contributed by atoms with Crippen molar-refractivity contribution >= 4 is 0 Å². The van der Waals surface area contributed by atoms with Gasteiger partial charge in [0.2, 0.25) is 0 Å². The van der Waals surface area contributed by atoms with Crippen molar-refractivity contribution in [2.24, 2.45) is 17.8 Å². The van der Waals surface area contributed by atoms with Crippen molar-refractivity contribution in [3.8, 4) is 0 Å². The molecule has 70 valence electrons. The van der Waals surface area contributed by atoms with Crippen molar-refractivity contribution in [2.45, 2.75) is 39.2 Å². The number of hydrogen-bond donors (Lipinski definition) is 0. The molecule has 0 spiro atoms. The first kappa shape index (κ1) is 8.55. The normalized spacial score (nSPS) is 41.5. The summed E-state index contributed by atoms with van der Waals surface area (Å²) >= 11 is 0. The molecule has 0 N–H and O–H groups in total. The average Bonchev–Trinajstić information content (AvgIpc) is 2.44. The van der Waals surface area contributed by atoms with Gasteiger partial charge in [0, 0.05) is 12.6 Å². The molecule has 2 rings (SSSR count). The predicted molar refractivity (Wildman–Crippen MR) is 52.1 cm³/mol. The van der Waals surface area contributed by atoms with E-state index in [1.807, 2.05) is 0 Å². The van der Waals surface area contributed by atoms with E-state index in [-0.39, 0.29) is 0 Å². The Morgan fingerprint density at radius 1 is 1.33 bits per heavy atom. The third-order valence-corrected chi connectivity index (χ3v) is 3.74. The fourth-order valence-electron chi connectivity index (χ4n) is 3.18. The van der Waals surface area contributed by atoms with Gasteiger partial charge in [0.15, 0.2) is 0 Å². The molecule has 1 nitrogen and oxygen atoms in total. The maximum absolute atomic E-state index is 2.56. The van der Waals surface area contributed by atoms with E-state index < -0.39 is 0 Å². The number of hydrogen-bond acceptors (Lipinski definition) is 1. The largest absolute Gasteiger partial charge is 0.303 e. The summed E-state index contributed by atoms with van der Waals surface area (Å²) in [6.07, 6.45) is 4.45. The number of likely N-dealkylation sites (tertiary alicyclic amines) is 1. The molecule has 0 aromatic rings. The molecule has 12 heavy (non-hydrogen) atoms. The first-order valence-electron chi connectivity index (χ1n) is 5.37. The second kappa shape index (κ2) is 3.02. The van der Waals surface area contributed by atoms with Crippen LogP contribution in [0.5, 0.6) is 0 Å². The summed E-state index contributed by atoms with van der Waals surface area (Å²) in [5, 5.41) is 0. The van der Waals surface area contributed by atoms with Gasteiger partial charge >= 0.3 is 0 Å². The number of rotatable bonds is 2. The van der Waals surface area contributed by atoms with Crippen LogP contribution in [0.4, 0.5) is 0 Å². The summed E-state index contributed by atoms with van der Waals surface area (Å²) in [6.45, 7) is 6.09. The predicted octanol–water partition coefficient (Wildman–Crippen LogP) is 2.37. The molecule has 0 amide bonds. The molecule has 1 heterocycles. The van der Waals surface area contributed by atoms with Gasteiger partial charge in [-0.2, -0.15) is 0 Å². The fourth-order valence-corrected chi connectivity index (χ4v) is 3.18. The van der Waals surface area contributed by atoms with Crippen LogP contribution in [-0.4, -0.2) is 24.5 Å². The van der Waals surface area contributed by atoms with Gasteiger partial charge in [-0.1, -0.05) is 13.8 Å². The minimum Gasteiger partial charge on any atom is -0.303 e. The van der Waals surface area contributed by atoms with E-state index in [2.05, 4.69) is 25.8 Å². The molecular weight excluding hydrogens is 146 g/mol. The highest BCUT2D eigenvalue weighted by molar-refractivity contribution is 4.95. The lowest BCUT2D eigenvalue weighted by Crippen LogP contribution is -2.32. The van der Waals surface area contributed by atoms with Gasteiger partial charge in [0.05, 0.1) is 0 Å². The summed E-state index contributed by atoms with van der Waals surface area (Å²) in [7, 11) is 2.29. The van der Waals surface area contributed by atoms with E-state index in [0.29, 0.717) is 0 Å². The summed E-state index contributed by atoms with van der Waals surface area (Å²) in [4.78, 5) is 2.56. The van der Waals surface area contributed by atoms with Gasteiger partial charge in [0.1, 0.15) is 0 Å². The van der Waals surface area contributed by atoms with E-state index in [0.717, 1.165) is 23.8 Å². The SMILES string of the molecule is CC(C)CC1CC2CC1CN2C. The highest BCUT2D eigenvalue weighted by Crippen LogP contribution is 2.43. The highest BCUT2D eigenvalue weighted by atomic mass is 15.2. The minimum absolute atomic E-state index is 0.902. The Kier molecular flexibility index (Phi) is 2.16. The standard InChI is InChI=1S/C11H21N/c1-8(2)4-9-5-11-6-10(9)7-12(11)3/h8-11H,4-7H2,1-3H3. The maximum Gasteiger partial charge on any atom is 0.00982 e. The molecule has 3 atom stereocenters. The summed E-state index contributed by atoms with van der Waals surface area (Å²) in [5.74, 6) is 3.01. The second-order valence-electron chi connectivity index (χ2n) is 5.21. The van der Waals surface area contributed by atoms with E-state index in [1.54, 1.807) is 0 Å². The lowest BCUT2D eigenvalue weighted by molar-refractivity contribution is 0.191. The molecule has 1 saturated carbocycles. The van der Waals surface area contributed by atoms with Crippen LogP contribution in [0.25, 0.3) is 0 Å². The van der Waals surface area contributed by atoms with Gasteiger partial charge in [0.25, 0.3) is 0 Å². The first-order chi connectivity index (χ1) is 5.66. The van der Waals surface area contributed by atoms with Gasteiger partial charge in [-0.3, -0.25) is 0 Å². The monoisotopic (exact) mass is 167 g/mol. The maximum atomic E-state index is 2.56. The second-order valence-corrected chi connectivity index (χ2v) is 5.21. The molecule has 0 aromatic heterocycles. The van der Waals surface area contributed by atoms with Crippen molar-refractivity contribution in [1.29, 1.82) is 0 Å². The Bertz CT molecular complexity index is 162. The molecular formula is C11H21N. The summed E-state index contributed by atoms with van der Waals surface area (Å²) in [6, 6.07) is 0.943. The van der Waals surface area contributed by atoms with Crippen molar-refractivity contribution in [1.82, 2.24) is 4.90 Å². The Morgan fingerprint density at radius 2 is 2.08 bits per heavy atom.